The minimum atomic E-state index is -1.69. The van der Waals surface area contributed by atoms with Crippen LogP contribution >= 0.6 is 11.6 Å². The van der Waals surface area contributed by atoms with Gasteiger partial charge in [0.25, 0.3) is 6.47 Å². The van der Waals surface area contributed by atoms with Crippen LogP contribution in [0.2, 0.25) is 5.02 Å². The average molecular weight is 633 g/mol. The van der Waals surface area contributed by atoms with Gasteiger partial charge in [0.05, 0.1) is 24.5 Å². The van der Waals surface area contributed by atoms with E-state index >= 15 is 0 Å². The van der Waals surface area contributed by atoms with Gasteiger partial charge in [-0.3, -0.25) is 9.59 Å². The first kappa shape index (κ1) is 34.8. The Balaban J connectivity index is 1.91. The number of hydrogen-bond donors (Lipinski definition) is 1. The summed E-state index contributed by atoms with van der Waals surface area (Å²) in [5, 5.41) is 0.713. The molecule has 4 unspecified atom stereocenters. The van der Waals surface area contributed by atoms with Crippen LogP contribution in [0.1, 0.15) is 70.9 Å². The van der Waals surface area contributed by atoms with E-state index in [-0.39, 0.29) is 17.4 Å². The summed E-state index contributed by atoms with van der Waals surface area (Å²) in [6.07, 6.45) is 7.29. The second-order valence-electron chi connectivity index (χ2n) is 11.7. The monoisotopic (exact) mass is 632 g/mol. The van der Waals surface area contributed by atoms with Crippen LogP contribution in [0.5, 0.6) is 5.75 Å². The zero-order valence-corrected chi connectivity index (χ0v) is 27.4. The van der Waals surface area contributed by atoms with E-state index in [2.05, 4.69) is 29.5 Å². The van der Waals surface area contributed by atoms with Gasteiger partial charge in [0, 0.05) is 36.0 Å². The van der Waals surface area contributed by atoms with E-state index in [1.165, 1.54) is 11.1 Å². The molecule has 2 aromatic rings. The Labute approximate surface area is 264 Å². The molecule has 0 aliphatic carbocycles. The van der Waals surface area contributed by atoms with Gasteiger partial charge in [0.2, 0.25) is 6.41 Å². The van der Waals surface area contributed by atoms with Crippen LogP contribution in [0.3, 0.4) is 0 Å². The lowest BCUT2D eigenvalue weighted by molar-refractivity contribution is -0.133. The van der Waals surface area contributed by atoms with Crippen molar-refractivity contribution in [3.63, 3.8) is 0 Å². The normalized spacial score (nSPS) is 17.4. The summed E-state index contributed by atoms with van der Waals surface area (Å²) in [5.74, 6) is 0.806. The molecule has 0 bridgehead atoms. The van der Waals surface area contributed by atoms with Gasteiger partial charge in [-0.25, -0.2) is 0 Å². The van der Waals surface area contributed by atoms with Crippen LogP contribution in [-0.4, -0.2) is 55.4 Å². The molecule has 0 spiro atoms. The number of fused-ring (bicyclic) bond motifs is 1. The molecule has 0 saturated heterocycles. The van der Waals surface area contributed by atoms with Crippen LogP contribution in [0, 0.1) is 5.92 Å². The number of carbonyl (C=O) groups is 2. The maximum absolute atomic E-state index is 12.6. The Kier molecular flexibility index (Phi) is 13.7. The number of aryl methyl sites for hydroxylation is 1. The number of carbonyl (C=O) groups excluding carboxylic acids is 2. The lowest BCUT2D eigenvalue weighted by Gasteiger charge is -2.30. The number of rotatable bonds is 16. The standard InChI is InChI=1S/C33H45ClN2O6S/c1-6-9-25-18-27(34)11-13-29(25)26-20-36(30-19-28(43(39)35-22-37)12-14-32(30)40-21-26)16-15-24(7-2)31(41-23-38)10-8-17-42-33(3,4)5/h8,10-14,18-19,22-24,26,31H,6-7,9,15-17,20-21H2,1-5H3,(H,35,37)/b10-8+. The highest BCUT2D eigenvalue weighted by Crippen LogP contribution is 2.38. The summed E-state index contributed by atoms with van der Waals surface area (Å²) in [6, 6.07) is 11.4. The Morgan fingerprint density at radius 1 is 1.21 bits per heavy atom. The van der Waals surface area contributed by atoms with Crippen LogP contribution in [0.15, 0.2) is 53.4 Å². The summed E-state index contributed by atoms with van der Waals surface area (Å²) in [5.41, 5.74) is 2.95. The molecule has 43 heavy (non-hydrogen) atoms. The maximum atomic E-state index is 12.6. The van der Waals surface area contributed by atoms with Crippen molar-refractivity contribution in [2.75, 3.05) is 31.2 Å². The van der Waals surface area contributed by atoms with E-state index in [1.807, 2.05) is 57.2 Å². The number of halogens is 1. The second kappa shape index (κ2) is 16.9. The third-order valence-electron chi connectivity index (χ3n) is 7.50. The topological polar surface area (TPSA) is 100 Å². The fourth-order valence-electron chi connectivity index (χ4n) is 5.35. The molecule has 2 aromatic carbocycles. The van der Waals surface area contributed by atoms with Gasteiger partial charge in [0.15, 0.2) is 4.90 Å². The molecule has 0 fully saturated rings. The summed E-state index contributed by atoms with van der Waals surface area (Å²) < 4.78 is 32.7. The Morgan fingerprint density at radius 3 is 2.67 bits per heavy atom. The molecule has 1 aliphatic heterocycles. The lowest BCUT2D eigenvalue weighted by Crippen LogP contribution is -2.33. The van der Waals surface area contributed by atoms with E-state index in [9.17, 15) is 14.1 Å². The zero-order chi connectivity index (χ0) is 31.4. The highest BCUT2D eigenvalue weighted by Gasteiger charge is 2.29. The number of hydrogen-bond acceptors (Lipinski definition) is 7. The molecular weight excluding hydrogens is 588 g/mol. The SMILES string of the molecule is CCCc1cc(Cl)ccc1C1COc2ccc([S+]([O-])NC=O)cc2N(CCC(CC)C(/C=C/COC(C)(C)C)OC=O)C1. The van der Waals surface area contributed by atoms with Crippen LogP contribution in [0.25, 0.3) is 0 Å². The van der Waals surface area contributed by atoms with Gasteiger partial charge in [-0.15, -0.1) is 0 Å². The smallest absolute Gasteiger partial charge is 0.293 e. The minimum absolute atomic E-state index is 0.0578. The number of anilines is 1. The van der Waals surface area contributed by atoms with E-state index in [1.54, 1.807) is 6.07 Å². The molecule has 1 aliphatic rings. The molecule has 4 atom stereocenters. The van der Waals surface area contributed by atoms with E-state index in [0.717, 1.165) is 31.4 Å². The largest absolute Gasteiger partial charge is 0.588 e. The van der Waals surface area contributed by atoms with Crippen molar-refractivity contribution in [2.24, 2.45) is 5.92 Å². The molecule has 10 heteroatoms. The Hall–Kier alpha value is -2.72. The average Bonchev–Trinajstić information content (AvgIpc) is 3.14. The number of nitrogens with zero attached hydrogens (tertiary/aromatic N) is 1. The lowest BCUT2D eigenvalue weighted by atomic mass is 9.91. The summed E-state index contributed by atoms with van der Waals surface area (Å²) in [7, 11) is 0. The molecule has 1 heterocycles. The molecule has 236 valence electrons. The molecule has 3 rings (SSSR count). The zero-order valence-electron chi connectivity index (χ0n) is 25.8. The van der Waals surface area contributed by atoms with Gasteiger partial charge >= 0.3 is 0 Å². The Bertz CT molecular complexity index is 1220. The molecule has 8 nitrogen and oxygen atoms in total. The van der Waals surface area contributed by atoms with Crippen molar-refractivity contribution >= 4 is 41.5 Å². The molecule has 1 N–H and O–H groups in total. The molecule has 0 radical (unpaired) electrons. The highest BCUT2D eigenvalue weighted by atomic mass is 35.5. The number of benzene rings is 2. The predicted octanol–water partition coefficient (Wildman–Crippen LogP) is 6.37. The fraction of sp³-hybridized carbons (Fsp3) is 0.515. The van der Waals surface area contributed by atoms with Crippen molar-refractivity contribution < 1.29 is 28.4 Å². The van der Waals surface area contributed by atoms with Crippen molar-refractivity contribution in [3.05, 3.63) is 64.7 Å². The Morgan fingerprint density at radius 2 is 2.00 bits per heavy atom. The van der Waals surface area contributed by atoms with E-state index in [4.69, 9.17) is 25.8 Å². The highest BCUT2D eigenvalue weighted by molar-refractivity contribution is 7.90. The predicted molar refractivity (Wildman–Crippen MR) is 172 cm³/mol. The van der Waals surface area contributed by atoms with Crippen molar-refractivity contribution in [2.45, 2.75) is 82.8 Å². The van der Waals surface area contributed by atoms with Crippen molar-refractivity contribution in [3.8, 4) is 5.75 Å². The number of amides is 1. The van der Waals surface area contributed by atoms with Gasteiger partial charge in [0.1, 0.15) is 23.2 Å². The van der Waals surface area contributed by atoms with Crippen LogP contribution in [-0.2, 0) is 36.8 Å². The second-order valence-corrected chi connectivity index (χ2v) is 13.4. The molecule has 0 aromatic heterocycles. The van der Waals surface area contributed by atoms with Gasteiger partial charge < -0.3 is 23.7 Å². The first-order valence-corrected chi connectivity index (χ1v) is 16.4. The third-order valence-corrected chi connectivity index (χ3v) is 8.72. The van der Waals surface area contributed by atoms with Gasteiger partial charge in [-0.1, -0.05) is 44.0 Å². The summed E-state index contributed by atoms with van der Waals surface area (Å²) in [4.78, 5) is 25.1. The van der Waals surface area contributed by atoms with Crippen LogP contribution in [0.4, 0.5) is 5.69 Å². The molecule has 1 amide bonds. The minimum Gasteiger partial charge on any atom is -0.588 e. The summed E-state index contributed by atoms with van der Waals surface area (Å²) in [6.45, 7) is 12.9. The molecular formula is C33H45ClN2O6S. The first-order chi connectivity index (χ1) is 20.6. The van der Waals surface area contributed by atoms with Crippen molar-refractivity contribution in [1.29, 1.82) is 0 Å². The fourth-order valence-corrected chi connectivity index (χ4v) is 6.18. The van der Waals surface area contributed by atoms with Crippen LogP contribution < -0.4 is 14.4 Å². The van der Waals surface area contributed by atoms with Crippen molar-refractivity contribution in [1.82, 2.24) is 4.72 Å². The quantitative estimate of drug-likeness (QED) is 0.130. The van der Waals surface area contributed by atoms with Gasteiger partial charge in [-0.2, -0.15) is 4.72 Å². The molecule has 0 saturated carbocycles. The first-order valence-electron chi connectivity index (χ1n) is 14.9. The maximum Gasteiger partial charge on any atom is 0.293 e. The third kappa shape index (κ3) is 10.4. The van der Waals surface area contributed by atoms with E-state index < -0.39 is 17.5 Å². The number of nitrogens with one attached hydrogen (secondary N) is 1. The summed E-state index contributed by atoms with van der Waals surface area (Å²) >= 11 is 4.68. The van der Waals surface area contributed by atoms with Gasteiger partial charge in [-0.05, 0) is 81.5 Å². The van der Waals surface area contributed by atoms with E-state index in [0.29, 0.717) is 54.9 Å². The number of ether oxygens (including phenoxy) is 3.